The summed E-state index contributed by atoms with van der Waals surface area (Å²) in [4.78, 5) is 109. The smallest absolute Gasteiger partial charge is 0.409 e. The van der Waals surface area contributed by atoms with Gasteiger partial charge in [0, 0.05) is 179 Å². The average molecular weight is 2000 g/mol. The Bertz CT molecular complexity index is 6900. The molecule has 1 saturated carbocycles. The Morgan fingerprint density at radius 2 is 0.826 bits per heavy atom. The molecule has 40 heteroatoms. The third kappa shape index (κ3) is 23.4. The fraction of sp³-hybridized carbons (Fsp3) is 0.317. The van der Waals surface area contributed by atoms with Crippen molar-refractivity contribution in [2.24, 2.45) is 58.4 Å². The number of carbonyl (C=O) groups excluding carboxylic acids is 5. The van der Waals surface area contributed by atoms with Crippen LogP contribution < -0.4 is 43.4 Å². The Kier molecular flexibility index (Phi) is 33.4. The number of nitrogens with zero attached hydrogens (tertiary/aromatic N) is 17. The van der Waals surface area contributed by atoms with Gasteiger partial charge in [0.2, 0.25) is 0 Å². The standard InChI is InChI=1S/C29H31F3N4O3.C26H24F3N7O.C26H24F3N5O.C23H22F2N6OS/c1-15-9-21(31)26(22(32)10-15)27-20(30)5-6-24(35-27)25(37)13-18-14-34-8-7-19(18)17-11-16(2)28(23(33)12-17)36(3)29(38)39-4;1-15-11-35(12-20(30)26(15)36-14-32-13-33-36)22-7-8-31-10-16(22)9-23(37)21-6-5-19(29)25(34-21)24-17(27)3-2-4-18(24)28;1-14-7-19(28)25(20(29)8-14)26-18(27)3-4-22(33-26)24(35)9-16-11-32-6-5-23(16)34-12-15(2)17(10-30)21(31)13-34;1-12-10-31(11-17(27)14(12)8-26)18-5-6-29-9-13(18)7-19(32)21-22(28)33-23(30-21)20-15(24)3-2-4-16(20)25/h5-10,14,16-17,23,28H,11-13,33H2,1-4H3;2-8,10,13-15,20,26H,9,11-12,30H2,1H3;3-8,11,15,17,21H,9,12-13,31H2,1-2H3;2-6,9,12,14,17H,7,10-11,27-28H2,1H3/t16-,17+,23+,28-;15-,20+,26-;15-,17-,21+;12-,14-,17+/m0000/s1. The first-order valence-corrected chi connectivity index (χ1v) is 46.8. The van der Waals surface area contributed by atoms with Crippen LogP contribution in [0.15, 0.2) is 184 Å². The highest BCUT2D eigenvalue weighted by atomic mass is 32.1. The molecule has 17 rings (SSSR count). The van der Waals surface area contributed by atoms with Crippen molar-refractivity contribution in [3.63, 3.8) is 0 Å². The van der Waals surface area contributed by atoms with Crippen LogP contribution in [0.25, 0.3) is 44.3 Å². The molecule has 144 heavy (non-hydrogen) atoms. The number of methoxy groups -OCH3 is 1. The summed E-state index contributed by atoms with van der Waals surface area (Å²) in [5, 5.41) is 23.1. The first-order chi connectivity index (χ1) is 68.8. The van der Waals surface area contributed by atoms with Crippen LogP contribution in [0.3, 0.4) is 0 Å². The number of aryl methyl sites for hydroxylation is 2. The normalized spacial score (nSPS) is 20.3. The maximum atomic E-state index is 14.6. The number of anilines is 4. The zero-order chi connectivity index (χ0) is 104. The second kappa shape index (κ2) is 45.9. The number of nitrogens with two attached hydrogens (primary N) is 5. The monoisotopic (exact) mass is 1990 g/mol. The number of carbonyl (C=O) groups is 5. The second-order valence-corrected chi connectivity index (χ2v) is 37.4. The minimum atomic E-state index is -0.967. The molecule has 12 heterocycles. The van der Waals surface area contributed by atoms with Gasteiger partial charge in [-0.25, -0.2) is 82.7 Å². The minimum absolute atomic E-state index is 0.00980. The van der Waals surface area contributed by atoms with E-state index in [1.807, 2.05) is 37.8 Å². The van der Waals surface area contributed by atoms with Gasteiger partial charge in [0.05, 0.1) is 65.4 Å². The number of benzene rings is 4. The number of aromatic nitrogens is 11. The molecule has 9 aromatic heterocycles. The van der Waals surface area contributed by atoms with E-state index >= 15 is 0 Å². The summed E-state index contributed by atoms with van der Waals surface area (Å²) in [5.74, 6) is -12.1. The molecule has 13 aromatic rings. The number of nitriles is 2. The second-order valence-electron chi connectivity index (χ2n) is 36.4. The summed E-state index contributed by atoms with van der Waals surface area (Å²) in [6.07, 6.45) is 16.5. The molecule has 0 unspecified atom stereocenters. The number of piperidine rings is 3. The van der Waals surface area contributed by atoms with Crippen molar-refractivity contribution in [3.8, 4) is 56.5 Å². The van der Waals surface area contributed by atoms with Crippen molar-refractivity contribution < 1.29 is 77.0 Å². The lowest BCUT2D eigenvalue weighted by Gasteiger charge is -2.43. The Morgan fingerprint density at radius 3 is 1.22 bits per heavy atom. The predicted molar refractivity (Wildman–Crippen MR) is 517 cm³/mol. The molecule has 28 nitrogen and oxygen atoms in total. The van der Waals surface area contributed by atoms with E-state index < -0.39 is 121 Å². The summed E-state index contributed by atoms with van der Waals surface area (Å²) in [6.45, 7) is 14.4. The van der Waals surface area contributed by atoms with E-state index in [-0.39, 0.29) is 147 Å². The number of likely N-dealkylation sites (N-methyl/N-ethyl adjacent to an activating group) is 1. The van der Waals surface area contributed by atoms with E-state index in [1.165, 1.54) is 62.5 Å². The molecule has 10 N–H and O–H groups in total. The maximum Gasteiger partial charge on any atom is 0.409 e. The number of hydrogen-bond donors (Lipinski definition) is 5. The quantitative estimate of drug-likeness (QED) is 0.0311. The number of Topliss-reactive ketones (excluding diaryl/α,β-unsaturated/α-hetero) is 4. The third-order valence-corrected chi connectivity index (χ3v) is 27.1. The summed E-state index contributed by atoms with van der Waals surface area (Å²) in [6, 6.07) is 27.9. The molecule has 0 bridgehead atoms. The fourth-order valence-electron chi connectivity index (χ4n) is 19.5. The summed E-state index contributed by atoms with van der Waals surface area (Å²) in [5.41, 5.74) is 33.7. The summed E-state index contributed by atoms with van der Waals surface area (Å²) < 4.78 is 165. The van der Waals surface area contributed by atoms with E-state index in [4.69, 9.17) is 33.4 Å². The lowest BCUT2D eigenvalue weighted by Crippen LogP contribution is -2.55. The first kappa shape index (κ1) is 105. The summed E-state index contributed by atoms with van der Waals surface area (Å²) in [7, 11) is 3.00. The largest absolute Gasteiger partial charge is 0.453 e. The highest BCUT2D eigenvalue weighted by molar-refractivity contribution is 7.19. The first-order valence-electron chi connectivity index (χ1n) is 46.0. The number of hydrogen-bond acceptors (Lipinski definition) is 27. The number of rotatable bonds is 22. The lowest BCUT2D eigenvalue weighted by atomic mass is 9.72. The Labute approximate surface area is 825 Å². The Hall–Kier alpha value is -15.1. The molecule has 3 saturated heterocycles. The zero-order valence-corrected chi connectivity index (χ0v) is 80.1. The predicted octanol–water partition coefficient (Wildman–Crippen LogP) is 16.4. The van der Waals surface area contributed by atoms with Gasteiger partial charge < -0.3 is 53.0 Å². The molecule has 1 amide bonds. The molecular weight excluding hydrogens is 1890 g/mol. The van der Waals surface area contributed by atoms with Gasteiger partial charge in [0.25, 0.3) is 0 Å². The Balaban J connectivity index is 0.000000152. The van der Waals surface area contributed by atoms with E-state index in [0.29, 0.717) is 79.1 Å². The van der Waals surface area contributed by atoms with Crippen LogP contribution >= 0.6 is 11.3 Å². The van der Waals surface area contributed by atoms with Gasteiger partial charge in [-0.3, -0.25) is 39.1 Å². The van der Waals surface area contributed by atoms with E-state index in [0.717, 1.165) is 107 Å². The molecule has 0 spiro atoms. The van der Waals surface area contributed by atoms with E-state index in [1.54, 1.807) is 79.8 Å². The van der Waals surface area contributed by atoms with Crippen LogP contribution in [0.4, 0.5) is 75.2 Å². The van der Waals surface area contributed by atoms with Crippen molar-refractivity contribution in [2.75, 3.05) is 73.9 Å². The zero-order valence-electron chi connectivity index (χ0n) is 79.3. The van der Waals surface area contributed by atoms with Crippen LogP contribution in [0.2, 0.25) is 0 Å². The number of ether oxygens (including phenoxy) is 1. The van der Waals surface area contributed by atoms with Crippen molar-refractivity contribution in [2.45, 2.75) is 122 Å². The lowest BCUT2D eigenvalue weighted by molar-refractivity contribution is 0.0776. The molecule has 4 aliphatic rings. The van der Waals surface area contributed by atoms with Crippen LogP contribution in [-0.4, -0.2) is 172 Å². The van der Waals surface area contributed by atoms with Crippen LogP contribution in [0.1, 0.15) is 133 Å². The van der Waals surface area contributed by atoms with Gasteiger partial charge in [-0.1, -0.05) is 51.2 Å². The molecule has 0 radical (unpaired) electrons. The summed E-state index contributed by atoms with van der Waals surface area (Å²) >= 11 is 0.863. The van der Waals surface area contributed by atoms with E-state index in [9.17, 15) is 82.8 Å². The van der Waals surface area contributed by atoms with Crippen LogP contribution in [0.5, 0.6) is 0 Å². The molecule has 4 aromatic carbocycles. The van der Waals surface area contributed by atoms with Gasteiger partial charge in [-0.2, -0.15) is 15.6 Å². The molecule has 3 aliphatic heterocycles. The topological polar surface area (TPSA) is 419 Å². The number of halogens is 11. The van der Waals surface area contributed by atoms with Gasteiger partial charge in [0.1, 0.15) is 127 Å². The van der Waals surface area contributed by atoms with Crippen molar-refractivity contribution in [1.82, 2.24) is 59.5 Å². The maximum absolute atomic E-state index is 14.6. The van der Waals surface area contributed by atoms with Crippen LogP contribution in [-0.2, 0) is 30.4 Å². The molecule has 13 atom stereocenters. The number of amides is 1. The van der Waals surface area contributed by atoms with Crippen molar-refractivity contribution in [1.29, 1.82) is 10.5 Å². The molecule has 4 fully saturated rings. The Morgan fingerprint density at radius 1 is 0.444 bits per heavy atom. The van der Waals surface area contributed by atoms with Gasteiger partial charge >= 0.3 is 6.09 Å². The highest BCUT2D eigenvalue weighted by Crippen LogP contribution is 2.43. The van der Waals surface area contributed by atoms with Crippen molar-refractivity contribution >= 4 is 62.6 Å². The highest BCUT2D eigenvalue weighted by Gasteiger charge is 2.42. The van der Waals surface area contributed by atoms with Gasteiger partial charge in [-0.05, 0) is 188 Å². The van der Waals surface area contributed by atoms with Gasteiger partial charge in [-0.15, -0.1) is 0 Å². The van der Waals surface area contributed by atoms with Crippen LogP contribution in [0, 0.1) is 136 Å². The molecular formula is C104H101F11N22O6S. The van der Waals surface area contributed by atoms with Gasteiger partial charge in [0.15, 0.2) is 23.1 Å². The minimum Gasteiger partial charge on any atom is -0.453 e. The number of ketones is 4. The molecule has 746 valence electrons. The number of pyridine rings is 7. The van der Waals surface area contributed by atoms with E-state index in [2.05, 4.69) is 78.8 Å². The number of thiazole rings is 1. The average Bonchev–Trinajstić information content (AvgIpc) is 1.80. The van der Waals surface area contributed by atoms with Crippen molar-refractivity contribution in [3.05, 3.63) is 309 Å². The molecule has 1 aliphatic carbocycles. The fourth-order valence-corrected chi connectivity index (χ4v) is 20.4. The number of nitrogen functional groups attached to an aromatic ring is 1. The SMILES string of the molecule is COC(=O)N(C)[C@@H]1[C@H](N)C[C@H](c2ccncc2CC(=O)c2ccc(F)c(-c3c(F)cc(C)cc3F)n2)C[C@@H]1C.C[C@H]1CN(c2ccncc2CC(=O)c2ccc(F)c(-c3c(F)cccc3F)n2)C[C@@H](N)[C@H]1n1cncn1.C[C@H]1CN(c2ccncc2CC(=O)c2nc(-c3c(F)cccc3F)sc2N)C[C@@H](N)[C@H]1C#N.Cc1cc(F)c(-c2nc(C(=O)Cc3cnccc3N3C[C@@H](N)[C@@H](C#N)[C@@H](C)C3)ccc2F)c(F)c1. The third-order valence-electron chi connectivity index (χ3n) is 26.1.